The Balaban J connectivity index is 0. The molecule has 0 saturated heterocycles. The number of hydrogen-bond donors (Lipinski definition) is 0. The van der Waals surface area contributed by atoms with Crippen LogP contribution in [0, 0.1) is 11.5 Å². The van der Waals surface area contributed by atoms with Gasteiger partial charge in [0.15, 0.2) is 0 Å². The third kappa shape index (κ3) is 4.64. The molecule has 0 unspecified atom stereocenters. The minimum Gasteiger partial charge on any atom is -0.263 e. The van der Waals surface area contributed by atoms with Crippen LogP contribution >= 0.6 is 23.2 Å². The summed E-state index contributed by atoms with van der Waals surface area (Å²) in [5, 5.41) is 0.194. The summed E-state index contributed by atoms with van der Waals surface area (Å²) in [7, 11) is 0. The summed E-state index contributed by atoms with van der Waals surface area (Å²) < 4.78 is 0. The quantitative estimate of drug-likeness (QED) is 0.455. The summed E-state index contributed by atoms with van der Waals surface area (Å²) in [5.74, 6) is 0. The largest absolute Gasteiger partial charge is 0.263 e. The Morgan fingerprint density at radius 1 is 1.14 bits per heavy atom. The predicted octanol–water partition coefficient (Wildman–Crippen LogP) is 4.53. The number of rotatable bonds is 0. The molecule has 80 valence electrons. The van der Waals surface area contributed by atoms with Crippen LogP contribution in [0.15, 0.2) is 16.7 Å². The van der Waals surface area contributed by atoms with Gasteiger partial charge in [-0.25, -0.2) is 5.57 Å². The molecular formula is C11H17Cl2Zr-. The van der Waals surface area contributed by atoms with Gasteiger partial charge in [-0.05, 0) is 0 Å². The fraction of sp³-hybridized carbons (Fsp3) is 0.636. The van der Waals surface area contributed by atoms with Gasteiger partial charge in [0.2, 0.25) is 0 Å². The fourth-order valence-corrected chi connectivity index (χ4v) is 1.41. The van der Waals surface area contributed by atoms with Gasteiger partial charge in [-0.15, -0.1) is 30.1 Å². The first-order valence-corrected chi connectivity index (χ1v) is 5.35. The smallest absolute Gasteiger partial charge is 0.0967 e. The van der Waals surface area contributed by atoms with Crippen LogP contribution in [0.4, 0.5) is 0 Å². The molecule has 0 aromatic rings. The average Bonchev–Trinajstić information content (AvgIpc) is 2.16. The van der Waals surface area contributed by atoms with Crippen LogP contribution in [0.1, 0.15) is 34.6 Å². The van der Waals surface area contributed by atoms with Crippen molar-refractivity contribution in [3.63, 3.8) is 0 Å². The van der Waals surface area contributed by atoms with Gasteiger partial charge in [0.05, 0.1) is 5.34 Å². The van der Waals surface area contributed by atoms with Crippen molar-refractivity contribution in [1.29, 1.82) is 0 Å². The molecular weight excluding hydrogens is 294 g/mol. The first-order chi connectivity index (χ1) is 5.86. The minimum absolute atomic E-state index is 0. The van der Waals surface area contributed by atoms with Crippen LogP contribution < -0.4 is 0 Å². The van der Waals surface area contributed by atoms with Gasteiger partial charge in [-0.2, -0.15) is 11.1 Å². The molecule has 0 amide bonds. The third-order valence-corrected chi connectivity index (χ3v) is 2.56. The van der Waals surface area contributed by atoms with Gasteiger partial charge in [-0.1, -0.05) is 33.1 Å². The molecule has 0 atom stereocenters. The van der Waals surface area contributed by atoms with Crippen molar-refractivity contribution >= 4 is 23.2 Å². The predicted molar refractivity (Wildman–Crippen MR) is 61.2 cm³/mol. The van der Waals surface area contributed by atoms with Gasteiger partial charge in [-0.3, -0.25) is 6.08 Å². The zero-order valence-electron chi connectivity index (χ0n) is 9.46. The van der Waals surface area contributed by atoms with E-state index in [1.165, 1.54) is 16.7 Å². The van der Waals surface area contributed by atoms with Crippen LogP contribution in [0.5, 0.6) is 0 Å². The molecule has 1 aliphatic rings. The molecule has 0 aromatic carbocycles. The summed E-state index contributed by atoms with van der Waals surface area (Å²) in [4.78, 5) is 0. The van der Waals surface area contributed by atoms with Crippen molar-refractivity contribution in [1.82, 2.24) is 0 Å². The van der Waals surface area contributed by atoms with Gasteiger partial charge in [0.1, 0.15) is 0 Å². The molecule has 14 heavy (non-hydrogen) atoms. The van der Waals surface area contributed by atoms with E-state index in [-0.39, 0.29) is 37.0 Å². The summed E-state index contributed by atoms with van der Waals surface area (Å²) in [6.07, 6.45) is 3.44. The molecule has 0 radical (unpaired) electrons. The van der Waals surface area contributed by atoms with E-state index in [2.05, 4.69) is 40.7 Å². The van der Waals surface area contributed by atoms with Gasteiger partial charge >= 0.3 is 0 Å². The Kier molecular flexibility index (Phi) is 8.99. The Bertz CT molecular complexity index is 240. The molecule has 0 N–H and O–H groups in total. The maximum Gasteiger partial charge on any atom is 0.0967 e. The van der Waals surface area contributed by atoms with Crippen molar-refractivity contribution in [2.75, 3.05) is 5.34 Å². The molecule has 1 aliphatic carbocycles. The normalized spacial score (nSPS) is 18.1. The Labute approximate surface area is 117 Å². The van der Waals surface area contributed by atoms with Gasteiger partial charge in [0.25, 0.3) is 0 Å². The first-order valence-electron chi connectivity index (χ1n) is 4.28. The molecule has 0 fully saturated rings. The Morgan fingerprint density at radius 3 is 1.57 bits per heavy atom. The second kappa shape index (κ2) is 7.26. The zero-order valence-corrected chi connectivity index (χ0v) is 13.4. The van der Waals surface area contributed by atoms with Gasteiger partial charge in [0, 0.05) is 26.2 Å². The van der Waals surface area contributed by atoms with E-state index in [1.54, 1.807) is 0 Å². The van der Waals surface area contributed by atoms with Crippen LogP contribution in [-0.2, 0) is 26.2 Å². The van der Waals surface area contributed by atoms with Crippen molar-refractivity contribution in [2.24, 2.45) is 5.41 Å². The standard InChI is InChI=1S/C10H15.CH2Cl2.Zr/c1-7-6-10(4,5)9(3)8(7)2;2-1-3;/h1-5H3;1H2;/q-1;;. The molecule has 0 aromatic heterocycles. The average molecular weight is 311 g/mol. The van der Waals surface area contributed by atoms with Crippen LogP contribution in [0.2, 0.25) is 0 Å². The summed E-state index contributed by atoms with van der Waals surface area (Å²) in [6.45, 7) is 10.9. The van der Waals surface area contributed by atoms with Crippen LogP contribution in [-0.4, -0.2) is 5.34 Å². The van der Waals surface area contributed by atoms with E-state index in [0.717, 1.165) is 0 Å². The van der Waals surface area contributed by atoms with E-state index in [4.69, 9.17) is 23.2 Å². The molecule has 0 saturated carbocycles. The Hall–Kier alpha value is 0.943. The minimum atomic E-state index is 0. The zero-order chi connectivity index (χ0) is 10.6. The number of allylic oxidation sites excluding steroid dienone is 4. The number of halogens is 2. The fourth-order valence-electron chi connectivity index (χ4n) is 1.41. The second-order valence-electron chi connectivity index (χ2n) is 3.73. The maximum absolute atomic E-state index is 4.76. The van der Waals surface area contributed by atoms with E-state index >= 15 is 0 Å². The van der Waals surface area contributed by atoms with E-state index in [1.807, 2.05) is 0 Å². The monoisotopic (exact) mass is 309 g/mol. The van der Waals surface area contributed by atoms with E-state index in [9.17, 15) is 0 Å². The second-order valence-corrected chi connectivity index (χ2v) is 4.53. The maximum atomic E-state index is 4.76. The summed E-state index contributed by atoms with van der Waals surface area (Å²) in [6, 6.07) is 0. The number of alkyl halides is 2. The SMILES string of the molecule is CC1=[C-]C(C)(C)C(C)=C1C.ClCCl.[Zr]. The van der Waals surface area contributed by atoms with Crippen molar-refractivity contribution in [3.05, 3.63) is 22.8 Å². The van der Waals surface area contributed by atoms with Crippen molar-refractivity contribution < 1.29 is 26.2 Å². The van der Waals surface area contributed by atoms with Crippen LogP contribution in [0.3, 0.4) is 0 Å². The van der Waals surface area contributed by atoms with E-state index < -0.39 is 0 Å². The topological polar surface area (TPSA) is 0 Å². The molecule has 0 spiro atoms. The van der Waals surface area contributed by atoms with E-state index in [0.29, 0.717) is 0 Å². The van der Waals surface area contributed by atoms with Crippen molar-refractivity contribution in [2.45, 2.75) is 34.6 Å². The van der Waals surface area contributed by atoms with Crippen molar-refractivity contribution in [3.8, 4) is 0 Å². The molecule has 0 heterocycles. The van der Waals surface area contributed by atoms with Gasteiger partial charge < -0.3 is 0 Å². The number of hydrogen-bond acceptors (Lipinski definition) is 0. The third-order valence-electron chi connectivity index (χ3n) is 2.56. The molecule has 0 bridgehead atoms. The first kappa shape index (κ1) is 17.3. The molecule has 3 heteroatoms. The van der Waals surface area contributed by atoms with Crippen LogP contribution in [0.25, 0.3) is 0 Å². The molecule has 1 rings (SSSR count). The summed E-state index contributed by atoms with van der Waals surface area (Å²) in [5.41, 5.74) is 4.39. The molecule has 0 nitrogen and oxygen atoms in total. The summed E-state index contributed by atoms with van der Waals surface area (Å²) >= 11 is 9.53. The Morgan fingerprint density at radius 2 is 1.50 bits per heavy atom. The molecule has 0 aliphatic heterocycles.